The Hall–Kier alpha value is -0.570. The van der Waals surface area contributed by atoms with Crippen molar-refractivity contribution in [3.8, 4) is 0 Å². The Morgan fingerprint density at radius 2 is 2.00 bits per heavy atom. The second-order valence-corrected chi connectivity index (χ2v) is 3.26. The third-order valence-electron chi connectivity index (χ3n) is 1.60. The van der Waals surface area contributed by atoms with Gasteiger partial charge in [0.05, 0.1) is 6.04 Å². The number of hydrogen-bond donors (Lipinski definition) is 2. The van der Waals surface area contributed by atoms with E-state index in [0.29, 0.717) is 5.92 Å². The van der Waals surface area contributed by atoms with Crippen molar-refractivity contribution in [2.24, 2.45) is 11.7 Å². The monoisotopic (exact) mass is 158 g/mol. The Kier molecular flexibility index (Phi) is 4.86. The van der Waals surface area contributed by atoms with Gasteiger partial charge in [0, 0.05) is 0 Å². The standard InChI is InChI=1S/C8H18N2O/c1-6(2)4-5-10-7(3)8(9)11/h6-7,10H,4-5H2,1-3H3,(H2,9,11). The molecule has 66 valence electrons. The van der Waals surface area contributed by atoms with Gasteiger partial charge in [-0.3, -0.25) is 4.79 Å². The fourth-order valence-corrected chi connectivity index (χ4v) is 0.689. The fraction of sp³-hybridized carbons (Fsp3) is 0.875. The molecule has 11 heavy (non-hydrogen) atoms. The van der Waals surface area contributed by atoms with Crippen LogP contribution in [-0.4, -0.2) is 18.5 Å². The SMILES string of the molecule is CC(C)CCNC(C)C(N)=O. The molecular formula is C8H18N2O. The first-order chi connectivity index (χ1) is 5.04. The highest BCUT2D eigenvalue weighted by atomic mass is 16.1. The molecule has 3 N–H and O–H groups in total. The molecule has 0 fully saturated rings. The van der Waals surface area contributed by atoms with Gasteiger partial charge >= 0.3 is 0 Å². The molecule has 0 spiro atoms. The van der Waals surface area contributed by atoms with E-state index in [1.807, 2.05) is 0 Å². The van der Waals surface area contributed by atoms with Gasteiger partial charge in [-0.15, -0.1) is 0 Å². The number of carbonyl (C=O) groups excluding carboxylic acids is 1. The third kappa shape index (κ3) is 5.85. The van der Waals surface area contributed by atoms with E-state index in [9.17, 15) is 4.79 Å². The summed E-state index contributed by atoms with van der Waals surface area (Å²) in [6.45, 7) is 6.94. The van der Waals surface area contributed by atoms with E-state index in [0.717, 1.165) is 13.0 Å². The van der Waals surface area contributed by atoms with E-state index in [-0.39, 0.29) is 11.9 Å². The molecule has 0 aromatic heterocycles. The van der Waals surface area contributed by atoms with Crippen LogP contribution in [0.4, 0.5) is 0 Å². The minimum Gasteiger partial charge on any atom is -0.368 e. The lowest BCUT2D eigenvalue weighted by atomic mass is 10.1. The molecule has 0 saturated heterocycles. The first kappa shape index (κ1) is 10.4. The topological polar surface area (TPSA) is 55.1 Å². The Balaban J connectivity index is 3.31. The van der Waals surface area contributed by atoms with E-state index < -0.39 is 0 Å². The van der Waals surface area contributed by atoms with Crippen molar-refractivity contribution in [2.75, 3.05) is 6.54 Å². The molecule has 0 aromatic rings. The van der Waals surface area contributed by atoms with Crippen LogP contribution in [0, 0.1) is 5.92 Å². The van der Waals surface area contributed by atoms with Crippen molar-refractivity contribution in [3.05, 3.63) is 0 Å². The van der Waals surface area contributed by atoms with Crippen LogP contribution in [0.3, 0.4) is 0 Å². The summed E-state index contributed by atoms with van der Waals surface area (Å²) >= 11 is 0. The average molecular weight is 158 g/mol. The van der Waals surface area contributed by atoms with Crippen LogP contribution in [0.1, 0.15) is 27.2 Å². The maximum Gasteiger partial charge on any atom is 0.234 e. The smallest absolute Gasteiger partial charge is 0.234 e. The van der Waals surface area contributed by atoms with Crippen LogP contribution in [0.2, 0.25) is 0 Å². The molecule has 0 aliphatic heterocycles. The van der Waals surface area contributed by atoms with Gasteiger partial charge < -0.3 is 11.1 Å². The van der Waals surface area contributed by atoms with E-state index in [2.05, 4.69) is 19.2 Å². The minimum absolute atomic E-state index is 0.200. The number of rotatable bonds is 5. The Morgan fingerprint density at radius 1 is 1.45 bits per heavy atom. The lowest BCUT2D eigenvalue weighted by molar-refractivity contribution is -0.119. The summed E-state index contributed by atoms with van der Waals surface area (Å²) in [7, 11) is 0. The Morgan fingerprint density at radius 3 is 2.36 bits per heavy atom. The van der Waals surface area contributed by atoms with E-state index in [4.69, 9.17) is 5.73 Å². The van der Waals surface area contributed by atoms with E-state index >= 15 is 0 Å². The third-order valence-corrected chi connectivity index (χ3v) is 1.60. The van der Waals surface area contributed by atoms with E-state index in [1.165, 1.54) is 0 Å². The van der Waals surface area contributed by atoms with Gasteiger partial charge in [-0.1, -0.05) is 13.8 Å². The molecule has 3 heteroatoms. The number of carbonyl (C=O) groups is 1. The summed E-state index contributed by atoms with van der Waals surface area (Å²) in [4.78, 5) is 10.5. The summed E-state index contributed by atoms with van der Waals surface area (Å²) in [5, 5.41) is 3.04. The number of nitrogens with one attached hydrogen (secondary N) is 1. The quantitative estimate of drug-likeness (QED) is 0.612. The van der Waals surface area contributed by atoms with Crippen molar-refractivity contribution in [3.63, 3.8) is 0 Å². The van der Waals surface area contributed by atoms with Gasteiger partial charge in [0.2, 0.25) is 5.91 Å². The number of amides is 1. The van der Waals surface area contributed by atoms with Gasteiger partial charge in [-0.05, 0) is 25.8 Å². The largest absolute Gasteiger partial charge is 0.368 e. The Bertz CT molecular complexity index is 123. The molecule has 1 amide bonds. The number of hydrogen-bond acceptors (Lipinski definition) is 2. The van der Waals surface area contributed by atoms with Crippen LogP contribution in [0.5, 0.6) is 0 Å². The van der Waals surface area contributed by atoms with Crippen LogP contribution in [-0.2, 0) is 4.79 Å². The molecule has 0 aromatic carbocycles. The number of primary amides is 1. The molecule has 3 nitrogen and oxygen atoms in total. The second kappa shape index (κ2) is 5.13. The average Bonchev–Trinajstić information content (AvgIpc) is 1.86. The van der Waals surface area contributed by atoms with Crippen LogP contribution in [0.15, 0.2) is 0 Å². The van der Waals surface area contributed by atoms with Crippen LogP contribution < -0.4 is 11.1 Å². The highest BCUT2D eigenvalue weighted by Gasteiger charge is 2.06. The maximum absolute atomic E-state index is 10.5. The lowest BCUT2D eigenvalue weighted by Crippen LogP contribution is -2.39. The molecule has 0 aliphatic rings. The molecule has 0 heterocycles. The number of nitrogens with two attached hydrogens (primary N) is 1. The molecule has 0 saturated carbocycles. The zero-order valence-corrected chi connectivity index (χ0v) is 7.55. The highest BCUT2D eigenvalue weighted by Crippen LogP contribution is 1.96. The summed E-state index contributed by atoms with van der Waals surface area (Å²) in [5.74, 6) is 0.385. The van der Waals surface area contributed by atoms with Gasteiger partial charge in [-0.2, -0.15) is 0 Å². The normalized spacial score (nSPS) is 13.5. The van der Waals surface area contributed by atoms with Crippen molar-refractivity contribution in [2.45, 2.75) is 33.2 Å². The molecule has 0 aliphatic carbocycles. The fourth-order valence-electron chi connectivity index (χ4n) is 0.689. The summed E-state index contributed by atoms with van der Waals surface area (Å²) in [6, 6.07) is -0.200. The minimum atomic E-state index is -0.284. The molecule has 0 rings (SSSR count). The van der Waals surface area contributed by atoms with Crippen molar-refractivity contribution < 1.29 is 4.79 Å². The second-order valence-electron chi connectivity index (χ2n) is 3.26. The summed E-state index contributed by atoms with van der Waals surface area (Å²) in [6.07, 6.45) is 1.08. The summed E-state index contributed by atoms with van der Waals surface area (Å²) < 4.78 is 0. The first-order valence-corrected chi connectivity index (χ1v) is 4.06. The predicted octanol–water partition coefficient (Wildman–Crippen LogP) is 0.496. The zero-order chi connectivity index (χ0) is 8.85. The predicted molar refractivity (Wildman–Crippen MR) is 46.1 cm³/mol. The van der Waals surface area contributed by atoms with Gasteiger partial charge in [0.1, 0.15) is 0 Å². The van der Waals surface area contributed by atoms with Crippen molar-refractivity contribution in [1.29, 1.82) is 0 Å². The molecule has 0 bridgehead atoms. The Labute approximate surface area is 68.3 Å². The van der Waals surface area contributed by atoms with Gasteiger partial charge in [0.15, 0.2) is 0 Å². The zero-order valence-electron chi connectivity index (χ0n) is 7.55. The van der Waals surface area contributed by atoms with Crippen LogP contribution >= 0.6 is 0 Å². The van der Waals surface area contributed by atoms with Crippen molar-refractivity contribution in [1.82, 2.24) is 5.32 Å². The van der Waals surface area contributed by atoms with Gasteiger partial charge in [0.25, 0.3) is 0 Å². The summed E-state index contributed by atoms with van der Waals surface area (Å²) in [5.41, 5.74) is 5.05. The molecule has 0 radical (unpaired) electrons. The lowest BCUT2D eigenvalue weighted by Gasteiger charge is -2.10. The van der Waals surface area contributed by atoms with Crippen molar-refractivity contribution >= 4 is 5.91 Å². The van der Waals surface area contributed by atoms with E-state index in [1.54, 1.807) is 6.92 Å². The molecule has 1 atom stereocenters. The van der Waals surface area contributed by atoms with Gasteiger partial charge in [-0.25, -0.2) is 0 Å². The molecular weight excluding hydrogens is 140 g/mol. The molecule has 1 unspecified atom stereocenters. The maximum atomic E-state index is 10.5. The first-order valence-electron chi connectivity index (χ1n) is 4.06. The highest BCUT2D eigenvalue weighted by molar-refractivity contribution is 5.79. The van der Waals surface area contributed by atoms with Crippen LogP contribution in [0.25, 0.3) is 0 Å².